The molecule has 0 radical (unpaired) electrons. The molecule has 19 heavy (non-hydrogen) atoms. The molecule has 1 saturated heterocycles. The highest BCUT2D eigenvalue weighted by Crippen LogP contribution is 2.28. The van der Waals surface area contributed by atoms with E-state index in [0.29, 0.717) is 6.04 Å². The summed E-state index contributed by atoms with van der Waals surface area (Å²) in [4.78, 5) is 2.55. The first-order chi connectivity index (χ1) is 8.87. The molecule has 1 aliphatic heterocycles. The van der Waals surface area contributed by atoms with E-state index >= 15 is 0 Å². The van der Waals surface area contributed by atoms with Crippen LogP contribution < -0.4 is 10.2 Å². The van der Waals surface area contributed by atoms with Gasteiger partial charge in [-0.1, -0.05) is 12.1 Å². The summed E-state index contributed by atoms with van der Waals surface area (Å²) in [5, 5.41) is 3.55. The molecular formula is C17H28N2. The van der Waals surface area contributed by atoms with Gasteiger partial charge in [0.25, 0.3) is 0 Å². The van der Waals surface area contributed by atoms with Gasteiger partial charge in [0.15, 0.2) is 0 Å². The minimum absolute atomic E-state index is 0.177. The molecule has 1 heterocycles. The van der Waals surface area contributed by atoms with E-state index in [1.165, 1.54) is 36.2 Å². The van der Waals surface area contributed by atoms with Gasteiger partial charge >= 0.3 is 0 Å². The van der Waals surface area contributed by atoms with Crippen LogP contribution in [0.2, 0.25) is 0 Å². The van der Waals surface area contributed by atoms with Gasteiger partial charge in [0, 0.05) is 30.4 Å². The van der Waals surface area contributed by atoms with Crippen molar-refractivity contribution in [2.75, 3.05) is 11.4 Å². The van der Waals surface area contributed by atoms with Crippen molar-refractivity contribution in [1.82, 2.24) is 5.32 Å². The number of aryl methyl sites for hydroxylation is 1. The molecule has 2 heteroatoms. The van der Waals surface area contributed by atoms with Crippen molar-refractivity contribution in [3.63, 3.8) is 0 Å². The van der Waals surface area contributed by atoms with Crippen molar-refractivity contribution >= 4 is 5.69 Å². The smallest absolute Gasteiger partial charge is 0.0398 e. The lowest BCUT2D eigenvalue weighted by molar-refractivity contribution is 0.424. The Morgan fingerprint density at radius 1 is 1.32 bits per heavy atom. The molecule has 1 aliphatic rings. The van der Waals surface area contributed by atoms with Crippen LogP contribution >= 0.6 is 0 Å². The molecule has 1 unspecified atom stereocenters. The summed E-state index contributed by atoms with van der Waals surface area (Å²) >= 11 is 0. The maximum atomic E-state index is 3.55. The highest BCUT2D eigenvalue weighted by Gasteiger charge is 2.21. The van der Waals surface area contributed by atoms with Crippen LogP contribution in [0, 0.1) is 6.92 Å². The fourth-order valence-corrected chi connectivity index (χ4v) is 2.81. The number of nitrogens with zero attached hydrogens (tertiary/aromatic N) is 1. The third kappa shape index (κ3) is 3.73. The van der Waals surface area contributed by atoms with E-state index in [-0.39, 0.29) is 5.54 Å². The van der Waals surface area contributed by atoms with Crippen LogP contribution in [0.4, 0.5) is 5.69 Å². The summed E-state index contributed by atoms with van der Waals surface area (Å²) < 4.78 is 0. The third-order valence-corrected chi connectivity index (χ3v) is 3.95. The van der Waals surface area contributed by atoms with Crippen molar-refractivity contribution in [1.29, 1.82) is 0 Å². The van der Waals surface area contributed by atoms with Crippen LogP contribution in [-0.2, 0) is 6.54 Å². The first kappa shape index (κ1) is 14.4. The summed E-state index contributed by atoms with van der Waals surface area (Å²) in [6, 6.07) is 7.60. The molecular weight excluding hydrogens is 232 g/mol. The normalized spacial score (nSPS) is 20.1. The number of benzene rings is 1. The third-order valence-electron chi connectivity index (χ3n) is 3.95. The van der Waals surface area contributed by atoms with Gasteiger partial charge in [-0.2, -0.15) is 0 Å². The number of anilines is 1. The lowest BCUT2D eigenvalue weighted by Gasteiger charge is -2.26. The Kier molecular flexibility index (Phi) is 4.19. The van der Waals surface area contributed by atoms with Crippen molar-refractivity contribution in [2.24, 2.45) is 0 Å². The van der Waals surface area contributed by atoms with Gasteiger partial charge in [0.2, 0.25) is 0 Å². The zero-order valence-electron chi connectivity index (χ0n) is 13.1. The highest BCUT2D eigenvalue weighted by molar-refractivity contribution is 5.55. The number of hydrogen-bond acceptors (Lipinski definition) is 2. The first-order valence-electron chi connectivity index (χ1n) is 7.48. The van der Waals surface area contributed by atoms with E-state index < -0.39 is 0 Å². The van der Waals surface area contributed by atoms with E-state index in [4.69, 9.17) is 0 Å². The molecule has 0 aromatic heterocycles. The highest BCUT2D eigenvalue weighted by atomic mass is 15.2. The van der Waals surface area contributed by atoms with Gasteiger partial charge < -0.3 is 10.2 Å². The van der Waals surface area contributed by atoms with E-state index in [0.717, 1.165) is 6.54 Å². The number of nitrogens with one attached hydrogen (secondary N) is 1. The standard InChI is InChI=1S/C17H28N2/c1-13-11-15(12-18-17(3,4)5)8-9-16(13)19-10-6-7-14(19)2/h8-9,11,14,18H,6-7,10,12H2,1-5H3. The Morgan fingerprint density at radius 3 is 2.58 bits per heavy atom. The van der Waals surface area contributed by atoms with E-state index in [9.17, 15) is 0 Å². The maximum absolute atomic E-state index is 3.55. The predicted octanol–water partition coefficient (Wildman–Crippen LogP) is 3.87. The quantitative estimate of drug-likeness (QED) is 0.887. The maximum Gasteiger partial charge on any atom is 0.0398 e. The van der Waals surface area contributed by atoms with Gasteiger partial charge in [-0.05, 0) is 64.7 Å². The Balaban J connectivity index is 2.09. The molecule has 1 fully saturated rings. The summed E-state index contributed by atoms with van der Waals surface area (Å²) in [6.07, 6.45) is 2.65. The minimum atomic E-state index is 0.177. The molecule has 2 nitrogen and oxygen atoms in total. The molecule has 1 N–H and O–H groups in total. The Morgan fingerprint density at radius 2 is 2.05 bits per heavy atom. The topological polar surface area (TPSA) is 15.3 Å². The predicted molar refractivity (Wildman–Crippen MR) is 83.8 cm³/mol. The fraction of sp³-hybridized carbons (Fsp3) is 0.647. The number of rotatable bonds is 3. The summed E-state index contributed by atoms with van der Waals surface area (Å²) in [6.45, 7) is 13.4. The molecule has 0 bridgehead atoms. The second-order valence-corrected chi connectivity index (χ2v) is 6.91. The van der Waals surface area contributed by atoms with Crippen LogP contribution in [-0.4, -0.2) is 18.1 Å². The molecule has 106 valence electrons. The fourth-order valence-electron chi connectivity index (χ4n) is 2.81. The summed E-state index contributed by atoms with van der Waals surface area (Å²) in [7, 11) is 0. The Hall–Kier alpha value is -1.02. The molecule has 2 rings (SSSR count). The zero-order chi connectivity index (χ0) is 14.0. The lowest BCUT2D eigenvalue weighted by atomic mass is 10.1. The SMILES string of the molecule is Cc1cc(CNC(C)(C)C)ccc1N1CCCC1C. The van der Waals surface area contributed by atoms with Crippen molar-refractivity contribution in [3.8, 4) is 0 Å². The van der Waals surface area contributed by atoms with Crippen LogP contribution in [0.1, 0.15) is 51.7 Å². The van der Waals surface area contributed by atoms with E-state index in [1.54, 1.807) is 0 Å². The molecule has 0 aliphatic carbocycles. The van der Waals surface area contributed by atoms with Crippen LogP contribution in [0.5, 0.6) is 0 Å². The van der Waals surface area contributed by atoms with E-state index in [2.05, 4.69) is 63.0 Å². The molecule has 1 aromatic carbocycles. The average Bonchev–Trinajstić information content (AvgIpc) is 2.72. The van der Waals surface area contributed by atoms with Crippen LogP contribution in [0.25, 0.3) is 0 Å². The monoisotopic (exact) mass is 260 g/mol. The molecule has 0 amide bonds. The van der Waals surface area contributed by atoms with Crippen molar-refractivity contribution in [2.45, 2.75) is 65.6 Å². The zero-order valence-corrected chi connectivity index (χ0v) is 13.1. The van der Waals surface area contributed by atoms with Gasteiger partial charge in [0.1, 0.15) is 0 Å². The molecule has 0 saturated carbocycles. The van der Waals surface area contributed by atoms with Gasteiger partial charge in [-0.3, -0.25) is 0 Å². The van der Waals surface area contributed by atoms with Crippen molar-refractivity contribution in [3.05, 3.63) is 29.3 Å². The lowest BCUT2D eigenvalue weighted by Crippen LogP contribution is -2.35. The number of hydrogen-bond donors (Lipinski definition) is 1. The van der Waals surface area contributed by atoms with Gasteiger partial charge in [0.05, 0.1) is 0 Å². The molecule has 1 aromatic rings. The average molecular weight is 260 g/mol. The Labute approximate surface area is 118 Å². The Bertz CT molecular complexity index is 431. The van der Waals surface area contributed by atoms with Gasteiger partial charge in [-0.25, -0.2) is 0 Å². The summed E-state index contributed by atoms with van der Waals surface area (Å²) in [5.41, 5.74) is 4.38. The second-order valence-electron chi connectivity index (χ2n) is 6.91. The van der Waals surface area contributed by atoms with Crippen molar-refractivity contribution < 1.29 is 0 Å². The largest absolute Gasteiger partial charge is 0.369 e. The minimum Gasteiger partial charge on any atom is -0.369 e. The van der Waals surface area contributed by atoms with Gasteiger partial charge in [-0.15, -0.1) is 0 Å². The van der Waals surface area contributed by atoms with E-state index in [1.807, 2.05) is 0 Å². The van der Waals surface area contributed by atoms with Crippen LogP contribution in [0.3, 0.4) is 0 Å². The first-order valence-corrected chi connectivity index (χ1v) is 7.48. The second kappa shape index (κ2) is 5.54. The van der Waals surface area contributed by atoms with Crippen LogP contribution in [0.15, 0.2) is 18.2 Å². The summed E-state index contributed by atoms with van der Waals surface area (Å²) in [5.74, 6) is 0. The molecule has 0 spiro atoms. The molecule has 1 atom stereocenters.